The van der Waals surface area contributed by atoms with Crippen molar-refractivity contribution in [2.45, 2.75) is 64.0 Å². The van der Waals surface area contributed by atoms with Gasteiger partial charge in [-0.05, 0) is 116 Å². The van der Waals surface area contributed by atoms with Crippen LogP contribution in [0.25, 0.3) is 22.5 Å². The third-order valence-corrected chi connectivity index (χ3v) is 9.05. The Labute approximate surface area is 268 Å². The van der Waals surface area contributed by atoms with Gasteiger partial charge in [0.05, 0.1) is 0 Å². The first-order valence-electron chi connectivity index (χ1n) is 16.0. The van der Waals surface area contributed by atoms with E-state index >= 15 is 0 Å². The average Bonchev–Trinajstić information content (AvgIpc) is 3.72. The summed E-state index contributed by atoms with van der Waals surface area (Å²) in [5.41, 5.74) is 11.8. The number of hydrogen-bond acceptors (Lipinski definition) is 7. The van der Waals surface area contributed by atoms with Crippen LogP contribution in [0.5, 0.6) is 0 Å². The summed E-state index contributed by atoms with van der Waals surface area (Å²) in [5.74, 6) is 0.367. The Morgan fingerprint density at radius 2 is 1.59 bits per heavy atom. The lowest BCUT2D eigenvalue weighted by molar-refractivity contribution is -0.130. The second-order valence-corrected chi connectivity index (χ2v) is 12.5. The van der Waals surface area contributed by atoms with Crippen molar-refractivity contribution in [3.63, 3.8) is 0 Å². The minimum absolute atomic E-state index is 0.0244. The summed E-state index contributed by atoms with van der Waals surface area (Å²) in [6.07, 6.45) is 5.82. The van der Waals surface area contributed by atoms with Crippen LogP contribution < -0.4 is 21.7 Å². The molecule has 1 aromatic heterocycles. The van der Waals surface area contributed by atoms with Gasteiger partial charge in [-0.3, -0.25) is 14.4 Å². The van der Waals surface area contributed by atoms with Gasteiger partial charge in [0.1, 0.15) is 6.04 Å². The van der Waals surface area contributed by atoms with Gasteiger partial charge in [0.25, 0.3) is 5.91 Å². The number of aryl methyl sites for hydroxylation is 1. The molecule has 11 heteroatoms. The number of anilines is 1. The number of carbonyl (C=O) groups is 3. The van der Waals surface area contributed by atoms with E-state index in [9.17, 15) is 14.4 Å². The molecule has 1 atom stereocenters. The number of amides is 3. The van der Waals surface area contributed by atoms with E-state index in [1.807, 2.05) is 49.4 Å². The maximum absolute atomic E-state index is 13.6. The first-order chi connectivity index (χ1) is 22.4. The van der Waals surface area contributed by atoms with Crippen molar-refractivity contribution in [3.05, 3.63) is 83.4 Å². The zero-order valence-electron chi connectivity index (χ0n) is 26.0. The van der Waals surface area contributed by atoms with E-state index < -0.39 is 6.04 Å². The number of nitrogens with zero attached hydrogens (tertiary/aromatic N) is 3. The lowest BCUT2D eigenvalue weighted by atomic mass is 9.81. The van der Waals surface area contributed by atoms with Crippen LogP contribution in [0.4, 0.5) is 5.69 Å². The second-order valence-electron chi connectivity index (χ2n) is 12.5. The van der Waals surface area contributed by atoms with E-state index in [0.29, 0.717) is 42.0 Å². The normalized spacial score (nSPS) is 18.4. The highest BCUT2D eigenvalue weighted by molar-refractivity contribution is 5.98. The van der Waals surface area contributed by atoms with Crippen LogP contribution in [0.2, 0.25) is 0 Å². The predicted octanol–water partition coefficient (Wildman–Crippen LogP) is 4.17. The average molecular weight is 621 g/mol. The molecular formula is C35H40N8O3. The first-order valence-corrected chi connectivity index (χ1v) is 16.0. The summed E-state index contributed by atoms with van der Waals surface area (Å²) >= 11 is 0. The molecule has 6 N–H and O–H groups in total. The Balaban J connectivity index is 1.15. The van der Waals surface area contributed by atoms with E-state index in [1.165, 1.54) is 0 Å². The van der Waals surface area contributed by atoms with Crippen LogP contribution >= 0.6 is 0 Å². The molecule has 2 aliphatic carbocycles. The van der Waals surface area contributed by atoms with Gasteiger partial charge in [0.2, 0.25) is 17.6 Å². The number of carbonyl (C=O) groups excluding carboxylic acids is 3. The Kier molecular flexibility index (Phi) is 9.49. The lowest BCUT2D eigenvalue weighted by Crippen LogP contribution is -2.48. The Morgan fingerprint density at radius 1 is 0.891 bits per heavy atom. The Hall–Kier alpha value is -4.90. The number of rotatable bonds is 11. The van der Waals surface area contributed by atoms with Gasteiger partial charge in [0, 0.05) is 35.2 Å². The molecule has 1 heterocycles. The molecule has 0 spiro atoms. The molecule has 0 radical (unpaired) electrons. The largest absolute Gasteiger partial charge is 0.349 e. The van der Waals surface area contributed by atoms with Gasteiger partial charge in [-0.1, -0.05) is 36.4 Å². The quantitative estimate of drug-likeness (QED) is 0.168. The van der Waals surface area contributed by atoms with E-state index in [4.69, 9.17) is 5.73 Å². The SMILES string of the molecule is Cc1cc(-c2ccc(CC(NC(=O)C3CCC(CN)CC3)C(=O)Nc3ccc(-c4nn[nH]n4)cc3)cc2)ccc1C(=O)NC1CC1. The topological polar surface area (TPSA) is 168 Å². The molecule has 0 aliphatic heterocycles. The summed E-state index contributed by atoms with van der Waals surface area (Å²) in [6.45, 7) is 2.59. The molecule has 3 aromatic carbocycles. The van der Waals surface area contributed by atoms with E-state index in [0.717, 1.165) is 66.3 Å². The van der Waals surface area contributed by atoms with Gasteiger partial charge in [-0.25, -0.2) is 0 Å². The van der Waals surface area contributed by atoms with E-state index in [-0.39, 0.29) is 23.6 Å². The van der Waals surface area contributed by atoms with Crippen LogP contribution in [0.1, 0.15) is 60.0 Å². The Morgan fingerprint density at radius 3 is 2.22 bits per heavy atom. The number of nitrogens with one attached hydrogen (secondary N) is 4. The third kappa shape index (κ3) is 7.66. The van der Waals surface area contributed by atoms with Crippen molar-refractivity contribution in [2.24, 2.45) is 17.6 Å². The summed E-state index contributed by atoms with van der Waals surface area (Å²) < 4.78 is 0. The molecule has 6 rings (SSSR count). The van der Waals surface area contributed by atoms with Crippen molar-refractivity contribution in [2.75, 3.05) is 11.9 Å². The minimum atomic E-state index is -0.769. The number of hydrogen-bond donors (Lipinski definition) is 5. The first kappa shape index (κ1) is 31.1. The van der Waals surface area contributed by atoms with E-state index in [1.54, 1.807) is 24.3 Å². The number of aromatic nitrogens is 4. The fraction of sp³-hybridized carbons (Fsp3) is 0.371. The van der Waals surface area contributed by atoms with Crippen LogP contribution in [0, 0.1) is 18.8 Å². The molecule has 238 valence electrons. The van der Waals surface area contributed by atoms with Crippen LogP contribution in [-0.2, 0) is 16.0 Å². The predicted molar refractivity (Wildman–Crippen MR) is 175 cm³/mol. The molecule has 2 fully saturated rings. The van der Waals surface area contributed by atoms with Gasteiger partial charge in [-0.2, -0.15) is 5.21 Å². The molecular weight excluding hydrogens is 580 g/mol. The molecule has 2 saturated carbocycles. The van der Waals surface area contributed by atoms with Gasteiger partial charge >= 0.3 is 0 Å². The number of tetrazole rings is 1. The number of aromatic amines is 1. The highest BCUT2D eigenvalue weighted by Crippen LogP contribution is 2.29. The molecule has 46 heavy (non-hydrogen) atoms. The van der Waals surface area contributed by atoms with Crippen molar-refractivity contribution < 1.29 is 14.4 Å². The fourth-order valence-corrected chi connectivity index (χ4v) is 6.03. The molecule has 3 amide bonds. The van der Waals surface area contributed by atoms with Crippen molar-refractivity contribution in [1.82, 2.24) is 31.3 Å². The minimum Gasteiger partial charge on any atom is -0.349 e. The number of H-pyrrole nitrogens is 1. The van der Waals surface area contributed by atoms with Crippen molar-refractivity contribution in [3.8, 4) is 22.5 Å². The van der Waals surface area contributed by atoms with Gasteiger partial charge in [-0.15, -0.1) is 10.2 Å². The van der Waals surface area contributed by atoms with Gasteiger partial charge in [0.15, 0.2) is 0 Å². The zero-order chi connectivity index (χ0) is 32.0. The highest BCUT2D eigenvalue weighted by atomic mass is 16.2. The molecule has 0 saturated heterocycles. The fourth-order valence-electron chi connectivity index (χ4n) is 6.03. The number of nitrogens with two attached hydrogens (primary N) is 1. The summed E-state index contributed by atoms with van der Waals surface area (Å²) in [7, 11) is 0. The Bertz CT molecular complexity index is 1660. The standard InChI is InChI=1S/C35H40N8O3/c1-21-18-27(12-17-30(21)34(45)37-29-15-16-29)24-6-2-22(3-7-24)19-31(39-33(44)26-8-4-23(20-36)5-9-26)35(46)38-28-13-10-25(11-14-28)32-40-42-43-41-32/h2-3,6-7,10-14,17-18,23,26,29,31H,4-5,8-9,15-16,19-20,36H2,1H3,(H,37,45)(H,38,46)(H,39,44)(H,40,41,42,43). The molecule has 4 aromatic rings. The van der Waals surface area contributed by atoms with Crippen molar-refractivity contribution >= 4 is 23.4 Å². The van der Waals surface area contributed by atoms with Crippen LogP contribution in [0.3, 0.4) is 0 Å². The maximum Gasteiger partial charge on any atom is 0.251 e. The zero-order valence-corrected chi connectivity index (χ0v) is 26.0. The highest BCUT2D eigenvalue weighted by Gasteiger charge is 2.29. The lowest BCUT2D eigenvalue weighted by Gasteiger charge is -2.28. The number of benzene rings is 3. The smallest absolute Gasteiger partial charge is 0.251 e. The van der Waals surface area contributed by atoms with E-state index in [2.05, 4.69) is 36.6 Å². The molecule has 1 unspecified atom stereocenters. The van der Waals surface area contributed by atoms with Crippen molar-refractivity contribution in [1.29, 1.82) is 0 Å². The maximum atomic E-state index is 13.6. The second kappa shape index (κ2) is 14.0. The summed E-state index contributed by atoms with van der Waals surface area (Å²) in [4.78, 5) is 39.5. The van der Waals surface area contributed by atoms with Crippen LogP contribution in [0.15, 0.2) is 66.7 Å². The van der Waals surface area contributed by atoms with Gasteiger partial charge < -0.3 is 21.7 Å². The molecule has 0 bridgehead atoms. The third-order valence-electron chi connectivity index (χ3n) is 9.05. The van der Waals surface area contributed by atoms with Crippen LogP contribution in [-0.4, -0.2) is 57.0 Å². The summed E-state index contributed by atoms with van der Waals surface area (Å²) in [5, 5.41) is 23.1. The summed E-state index contributed by atoms with van der Waals surface area (Å²) in [6, 6.07) is 20.5. The molecule has 11 nitrogen and oxygen atoms in total. The monoisotopic (exact) mass is 620 g/mol. The molecule has 2 aliphatic rings.